The standard InChI is InChI=1S/C22H31N7OS/c1-13(2)16-9-26-29-20(25-11-21-27-17(12-31-21)14-3-4-14)7-19(28-22(16)29)24-8-15-5-6-23-10-18(15)30/h7,9,12-15,18,23,25,30H,3-6,8,10-11H2,1-2H3,(H,24,28)/t15-,18+/m1/s1. The Bertz CT molecular complexity index is 1040. The van der Waals surface area contributed by atoms with Crippen LogP contribution in [-0.4, -0.2) is 50.4 Å². The smallest absolute Gasteiger partial charge is 0.163 e. The van der Waals surface area contributed by atoms with Gasteiger partial charge in [-0.05, 0) is 31.7 Å². The Morgan fingerprint density at radius 1 is 1.26 bits per heavy atom. The first-order valence-corrected chi connectivity index (χ1v) is 12.2. The van der Waals surface area contributed by atoms with Crippen molar-refractivity contribution in [3.63, 3.8) is 0 Å². The number of piperidine rings is 1. The van der Waals surface area contributed by atoms with Crippen molar-refractivity contribution in [1.82, 2.24) is 24.9 Å². The first kappa shape index (κ1) is 20.7. The average molecular weight is 442 g/mol. The molecular weight excluding hydrogens is 410 g/mol. The molecule has 3 aromatic heterocycles. The molecule has 0 radical (unpaired) electrons. The third-order valence-electron chi connectivity index (χ3n) is 6.24. The molecule has 4 heterocycles. The van der Waals surface area contributed by atoms with Gasteiger partial charge in [-0.1, -0.05) is 13.8 Å². The van der Waals surface area contributed by atoms with Crippen molar-refractivity contribution in [3.8, 4) is 0 Å². The van der Waals surface area contributed by atoms with Crippen molar-refractivity contribution in [1.29, 1.82) is 0 Å². The normalized spacial score (nSPS) is 21.7. The SMILES string of the molecule is CC(C)c1cnn2c(NCc3nc(C4CC4)cs3)cc(NC[C@H]3CCNC[C@@H]3O)nc12. The van der Waals surface area contributed by atoms with E-state index in [1.54, 1.807) is 11.3 Å². The highest BCUT2D eigenvalue weighted by Crippen LogP contribution is 2.40. The van der Waals surface area contributed by atoms with Crippen LogP contribution in [0.5, 0.6) is 0 Å². The van der Waals surface area contributed by atoms with Crippen LogP contribution in [0, 0.1) is 5.92 Å². The molecule has 0 aromatic carbocycles. The van der Waals surface area contributed by atoms with Gasteiger partial charge in [-0.3, -0.25) is 0 Å². The predicted octanol–water partition coefficient (Wildman–Crippen LogP) is 3.18. The quantitative estimate of drug-likeness (QED) is 0.426. The molecule has 0 spiro atoms. The fraction of sp³-hybridized carbons (Fsp3) is 0.591. The van der Waals surface area contributed by atoms with Crippen LogP contribution >= 0.6 is 11.3 Å². The van der Waals surface area contributed by atoms with Gasteiger partial charge in [-0.25, -0.2) is 9.97 Å². The minimum atomic E-state index is -0.325. The third-order valence-corrected chi connectivity index (χ3v) is 7.11. The monoisotopic (exact) mass is 441 g/mol. The number of aliphatic hydroxyl groups excluding tert-OH is 1. The van der Waals surface area contributed by atoms with Crippen LogP contribution in [0.25, 0.3) is 5.65 Å². The molecule has 1 saturated heterocycles. The van der Waals surface area contributed by atoms with E-state index in [0.717, 1.165) is 40.8 Å². The van der Waals surface area contributed by atoms with Crippen LogP contribution in [-0.2, 0) is 6.54 Å². The molecule has 5 rings (SSSR count). The highest BCUT2D eigenvalue weighted by Gasteiger charge is 2.26. The molecule has 1 aliphatic heterocycles. The van der Waals surface area contributed by atoms with Crippen LogP contribution in [0.15, 0.2) is 17.6 Å². The summed E-state index contributed by atoms with van der Waals surface area (Å²) in [5.41, 5.74) is 3.23. The van der Waals surface area contributed by atoms with Crippen molar-refractivity contribution in [3.05, 3.63) is 33.9 Å². The number of fused-ring (bicyclic) bond motifs is 1. The summed E-state index contributed by atoms with van der Waals surface area (Å²) in [7, 11) is 0. The van der Waals surface area contributed by atoms with E-state index in [1.807, 2.05) is 16.8 Å². The zero-order chi connectivity index (χ0) is 21.4. The summed E-state index contributed by atoms with van der Waals surface area (Å²) in [6.45, 7) is 7.29. The number of hydrogen-bond donors (Lipinski definition) is 4. The lowest BCUT2D eigenvalue weighted by molar-refractivity contribution is 0.0883. The highest BCUT2D eigenvalue weighted by molar-refractivity contribution is 7.09. The molecule has 4 N–H and O–H groups in total. The van der Waals surface area contributed by atoms with Crippen LogP contribution in [0.4, 0.5) is 11.6 Å². The fourth-order valence-electron chi connectivity index (χ4n) is 4.11. The molecule has 166 valence electrons. The van der Waals surface area contributed by atoms with E-state index in [9.17, 15) is 5.11 Å². The van der Waals surface area contributed by atoms with E-state index < -0.39 is 0 Å². The van der Waals surface area contributed by atoms with E-state index in [-0.39, 0.29) is 12.0 Å². The Balaban J connectivity index is 1.37. The van der Waals surface area contributed by atoms with Crippen LogP contribution in [0.2, 0.25) is 0 Å². The third kappa shape index (κ3) is 4.53. The second kappa shape index (κ2) is 8.72. The van der Waals surface area contributed by atoms with Crippen LogP contribution < -0.4 is 16.0 Å². The summed E-state index contributed by atoms with van der Waals surface area (Å²) in [6, 6.07) is 2.01. The van der Waals surface area contributed by atoms with E-state index in [2.05, 4.69) is 40.3 Å². The van der Waals surface area contributed by atoms with Crippen molar-refractivity contribution in [2.45, 2.75) is 57.6 Å². The maximum Gasteiger partial charge on any atom is 0.163 e. The lowest BCUT2D eigenvalue weighted by atomic mass is 9.95. The summed E-state index contributed by atoms with van der Waals surface area (Å²) >= 11 is 1.72. The Labute approximate surface area is 186 Å². The highest BCUT2D eigenvalue weighted by atomic mass is 32.1. The summed E-state index contributed by atoms with van der Waals surface area (Å²) in [5.74, 6) is 2.94. The fourth-order valence-corrected chi connectivity index (χ4v) is 4.93. The van der Waals surface area contributed by atoms with E-state index >= 15 is 0 Å². The Morgan fingerprint density at radius 3 is 2.90 bits per heavy atom. The zero-order valence-corrected chi connectivity index (χ0v) is 19.0. The molecule has 0 bridgehead atoms. The number of aliphatic hydroxyl groups is 1. The maximum atomic E-state index is 10.3. The first-order chi connectivity index (χ1) is 15.1. The Kier molecular flexibility index (Phi) is 5.81. The van der Waals surface area contributed by atoms with Gasteiger partial charge in [0.1, 0.15) is 16.6 Å². The van der Waals surface area contributed by atoms with Gasteiger partial charge in [0.25, 0.3) is 0 Å². The lowest BCUT2D eigenvalue weighted by Crippen LogP contribution is -2.43. The maximum absolute atomic E-state index is 10.3. The van der Waals surface area contributed by atoms with Gasteiger partial charge < -0.3 is 21.1 Å². The summed E-state index contributed by atoms with van der Waals surface area (Å²) in [6.07, 6.45) is 5.09. The minimum absolute atomic E-state index is 0.223. The second-order valence-corrected chi connectivity index (χ2v) is 9.95. The van der Waals surface area contributed by atoms with Gasteiger partial charge in [0.15, 0.2) is 5.65 Å². The van der Waals surface area contributed by atoms with Gasteiger partial charge in [-0.15, -0.1) is 11.3 Å². The molecular formula is C22H31N7OS. The number of nitrogens with one attached hydrogen (secondary N) is 3. The molecule has 31 heavy (non-hydrogen) atoms. The number of anilines is 2. The molecule has 2 aliphatic rings. The molecule has 2 atom stereocenters. The van der Waals surface area contributed by atoms with Crippen molar-refractivity contribution in [2.75, 3.05) is 30.3 Å². The van der Waals surface area contributed by atoms with E-state index in [4.69, 9.17) is 9.97 Å². The van der Waals surface area contributed by atoms with Crippen molar-refractivity contribution in [2.24, 2.45) is 5.92 Å². The Morgan fingerprint density at radius 2 is 2.13 bits per heavy atom. The van der Waals surface area contributed by atoms with Crippen LogP contribution in [0.1, 0.15) is 61.2 Å². The zero-order valence-electron chi connectivity index (χ0n) is 18.1. The largest absolute Gasteiger partial charge is 0.391 e. The van der Waals surface area contributed by atoms with Gasteiger partial charge in [-0.2, -0.15) is 9.61 Å². The Hall–Kier alpha value is -2.23. The number of aromatic nitrogens is 4. The van der Waals surface area contributed by atoms with Gasteiger partial charge >= 0.3 is 0 Å². The molecule has 9 heteroatoms. The topological polar surface area (TPSA) is 99.4 Å². The molecule has 2 fully saturated rings. The van der Waals surface area contributed by atoms with Gasteiger partial charge in [0, 0.05) is 41.9 Å². The molecule has 3 aromatic rings. The molecule has 1 aliphatic carbocycles. The number of nitrogens with zero attached hydrogens (tertiary/aromatic N) is 4. The number of β-amino-alcohol motifs (C(OH)–C–C–N with tert-alkyl or cyclic N) is 1. The van der Waals surface area contributed by atoms with Gasteiger partial charge in [0.05, 0.1) is 24.5 Å². The number of hydrogen-bond acceptors (Lipinski definition) is 8. The van der Waals surface area contributed by atoms with Crippen LogP contribution in [0.3, 0.4) is 0 Å². The van der Waals surface area contributed by atoms with Crippen molar-refractivity contribution >= 4 is 28.6 Å². The first-order valence-electron chi connectivity index (χ1n) is 11.3. The average Bonchev–Trinajstić information content (AvgIpc) is 3.34. The lowest BCUT2D eigenvalue weighted by Gasteiger charge is -2.28. The molecule has 1 saturated carbocycles. The van der Waals surface area contributed by atoms with Gasteiger partial charge in [0.2, 0.25) is 0 Å². The summed E-state index contributed by atoms with van der Waals surface area (Å²) in [4.78, 5) is 9.65. The number of rotatable bonds is 8. The van der Waals surface area contributed by atoms with E-state index in [0.29, 0.717) is 31.5 Å². The summed E-state index contributed by atoms with van der Waals surface area (Å²) < 4.78 is 1.88. The molecule has 0 unspecified atom stereocenters. The van der Waals surface area contributed by atoms with E-state index in [1.165, 1.54) is 18.5 Å². The second-order valence-electron chi connectivity index (χ2n) is 9.01. The van der Waals surface area contributed by atoms with Crippen molar-refractivity contribution < 1.29 is 5.11 Å². The predicted molar refractivity (Wildman–Crippen MR) is 124 cm³/mol. The minimum Gasteiger partial charge on any atom is -0.391 e. The molecule has 8 nitrogen and oxygen atoms in total. The summed E-state index contributed by atoms with van der Waals surface area (Å²) in [5, 5.41) is 28.4. The number of thiazole rings is 1. The molecule has 0 amide bonds.